The molecule has 1 N–H and O–H groups in total. The Kier molecular flexibility index (Phi) is 4.27. The lowest BCUT2D eigenvalue weighted by Crippen LogP contribution is -2.48. The molecule has 0 atom stereocenters. The van der Waals surface area contributed by atoms with Gasteiger partial charge in [0.2, 0.25) is 6.41 Å². The number of H-pyrrole nitrogens is 1. The van der Waals surface area contributed by atoms with Crippen molar-refractivity contribution in [1.82, 2.24) is 19.4 Å². The minimum Gasteiger partial charge on any atom is -0.342 e. The van der Waals surface area contributed by atoms with Crippen LogP contribution >= 0.6 is 0 Å². The van der Waals surface area contributed by atoms with E-state index in [9.17, 15) is 14.4 Å². The van der Waals surface area contributed by atoms with Crippen LogP contribution in [-0.2, 0) is 11.3 Å². The van der Waals surface area contributed by atoms with Crippen LogP contribution in [0.25, 0.3) is 0 Å². The zero-order valence-corrected chi connectivity index (χ0v) is 12.6. The third-order valence-electron chi connectivity index (χ3n) is 4.02. The van der Waals surface area contributed by atoms with Crippen molar-refractivity contribution in [3.8, 4) is 0 Å². The number of benzene rings is 1. The van der Waals surface area contributed by atoms with Crippen molar-refractivity contribution in [2.45, 2.75) is 6.54 Å². The Morgan fingerprint density at radius 2 is 1.83 bits per heavy atom. The van der Waals surface area contributed by atoms with E-state index in [0.29, 0.717) is 38.4 Å². The summed E-state index contributed by atoms with van der Waals surface area (Å²) < 4.78 is 1.45. The number of amides is 2. The van der Waals surface area contributed by atoms with Gasteiger partial charge in [-0.2, -0.15) is 0 Å². The van der Waals surface area contributed by atoms with E-state index in [-0.39, 0.29) is 11.6 Å². The largest absolute Gasteiger partial charge is 0.342 e. The van der Waals surface area contributed by atoms with Gasteiger partial charge < -0.3 is 14.8 Å². The molecule has 7 nitrogen and oxygen atoms in total. The second kappa shape index (κ2) is 6.51. The van der Waals surface area contributed by atoms with E-state index in [1.807, 2.05) is 30.3 Å². The SMILES string of the molecule is O=CN1CCN(C(=O)c2c[nH]c(=O)n2Cc2ccccc2)CC1. The number of rotatable bonds is 4. The van der Waals surface area contributed by atoms with Crippen LogP contribution in [0.4, 0.5) is 0 Å². The maximum atomic E-state index is 12.7. The lowest BCUT2D eigenvalue weighted by atomic mass is 10.2. The maximum Gasteiger partial charge on any atom is 0.326 e. The summed E-state index contributed by atoms with van der Waals surface area (Å²) in [5.74, 6) is -0.190. The lowest BCUT2D eigenvalue weighted by Gasteiger charge is -2.32. The van der Waals surface area contributed by atoms with Crippen molar-refractivity contribution >= 4 is 12.3 Å². The van der Waals surface area contributed by atoms with E-state index in [0.717, 1.165) is 12.0 Å². The molecule has 1 aliphatic rings. The monoisotopic (exact) mass is 314 g/mol. The molecule has 120 valence electrons. The minimum atomic E-state index is -0.302. The van der Waals surface area contributed by atoms with Gasteiger partial charge in [-0.15, -0.1) is 0 Å². The number of imidazole rings is 1. The Hall–Kier alpha value is -2.83. The topological polar surface area (TPSA) is 78.4 Å². The van der Waals surface area contributed by atoms with Gasteiger partial charge in [-0.25, -0.2) is 4.79 Å². The standard InChI is InChI=1S/C16H18N4O3/c21-12-18-6-8-19(9-7-18)15(22)14-10-17-16(23)20(14)11-13-4-2-1-3-5-13/h1-5,10,12H,6-9,11H2,(H,17,23). The summed E-state index contributed by atoms with van der Waals surface area (Å²) in [4.78, 5) is 41.3. The Bertz CT molecular complexity index is 742. The first-order valence-electron chi connectivity index (χ1n) is 7.50. The summed E-state index contributed by atoms with van der Waals surface area (Å²) in [6, 6.07) is 9.52. The van der Waals surface area contributed by atoms with Gasteiger partial charge >= 0.3 is 5.69 Å². The van der Waals surface area contributed by atoms with Gasteiger partial charge in [-0.3, -0.25) is 14.2 Å². The fourth-order valence-corrected chi connectivity index (χ4v) is 2.69. The molecule has 0 aliphatic carbocycles. The molecule has 23 heavy (non-hydrogen) atoms. The summed E-state index contributed by atoms with van der Waals surface area (Å²) in [6.07, 6.45) is 2.25. The Balaban J connectivity index is 1.79. The summed E-state index contributed by atoms with van der Waals surface area (Å²) >= 11 is 0. The van der Waals surface area contributed by atoms with Crippen LogP contribution in [0.5, 0.6) is 0 Å². The zero-order valence-electron chi connectivity index (χ0n) is 12.6. The number of piperazine rings is 1. The lowest BCUT2D eigenvalue weighted by molar-refractivity contribution is -0.119. The van der Waals surface area contributed by atoms with Gasteiger partial charge in [-0.1, -0.05) is 30.3 Å². The van der Waals surface area contributed by atoms with E-state index < -0.39 is 0 Å². The van der Waals surface area contributed by atoms with Crippen LogP contribution in [0.1, 0.15) is 16.1 Å². The van der Waals surface area contributed by atoms with Gasteiger partial charge in [0.1, 0.15) is 5.69 Å². The number of aromatic amines is 1. The van der Waals surface area contributed by atoms with Crippen molar-refractivity contribution in [2.24, 2.45) is 0 Å². The van der Waals surface area contributed by atoms with Gasteiger partial charge in [0.25, 0.3) is 5.91 Å². The van der Waals surface area contributed by atoms with Crippen LogP contribution in [0, 0.1) is 0 Å². The highest BCUT2D eigenvalue weighted by molar-refractivity contribution is 5.92. The fraction of sp³-hybridized carbons (Fsp3) is 0.312. The van der Waals surface area contributed by atoms with Crippen molar-refractivity contribution in [1.29, 1.82) is 0 Å². The predicted octanol–water partition coefficient (Wildman–Crippen LogP) is 0.139. The molecular weight excluding hydrogens is 296 g/mol. The van der Waals surface area contributed by atoms with E-state index in [4.69, 9.17) is 0 Å². The number of carbonyl (C=O) groups excluding carboxylic acids is 2. The van der Waals surface area contributed by atoms with Gasteiger partial charge in [0.15, 0.2) is 0 Å². The highest BCUT2D eigenvalue weighted by atomic mass is 16.2. The van der Waals surface area contributed by atoms with Crippen molar-refractivity contribution in [3.63, 3.8) is 0 Å². The van der Waals surface area contributed by atoms with Crippen molar-refractivity contribution < 1.29 is 9.59 Å². The Morgan fingerprint density at radius 3 is 2.48 bits per heavy atom. The van der Waals surface area contributed by atoms with E-state index >= 15 is 0 Å². The third-order valence-corrected chi connectivity index (χ3v) is 4.02. The first-order valence-corrected chi connectivity index (χ1v) is 7.50. The smallest absolute Gasteiger partial charge is 0.326 e. The molecule has 1 fully saturated rings. The fourth-order valence-electron chi connectivity index (χ4n) is 2.69. The zero-order chi connectivity index (χ0) is 16.2. The molecule has 2 heterocycles. The quantitative estimate of drug-likeness (QED) is 0.815. The van der Waals surface area contributed by atoms with E-state index in [2.05, 4.69) is 4.98 Å². The highest BCUT2D eigenvalue weighted by Crippen LogP contribution is 2.09. The van der Waals surface area contributed by atoms with Gasteiger partial charge in [0, 0.05) is 32.4 Å². The van der Waals surface area contributed by atoms with Crippen LogP contribution in [0.3, 0.4) is 0 Å². The molecule has 1 aromatic carbocycles. The number of hydrogen-bond acceptors (Lipinski definition) is 3. The summed E-state index contributed by atoms with van der Waals surface area (Å²) in [7, 11) is 0. The Morgan fingerprint density at radius 1 is 1.13 bits per heavy atom. The number of nitrogens with one attached hydrogen (secondary N) is 1. The molecule has 0 bridgehead atoms. The van der Waals surface area contributed by atoms with Crippen molar-refractivity contribution in [3.05, 3.63) is 58.3 Å². The number of carbonyl (C=O) groups is 2. The molecule has 0 saturated carbocycles. The molecule has 1 saturated heterocycles. The molecule has 7 heteroatoms. The molecule has 2 amide bonds. The van der Waals surface area contributed by atoms with E-state index in [1.165, 1.54) is 10.8 Å². The van der Waals surface area contributed by atoms with Crippen molar-refractivity contribution in [2.75, 3.05) is 26.2 Å². The number of nitrogens with zero attached hydrogens (tertiary/aromatic N) is 3. The minimum absolute atomic E-state index is 0.190. The van der Waals surface area contributed by atoms with E-state index in [1.54, 1.807) is 9.80 Å². The summed E-state index contributed by atoms with van der Waals surface area (Å²) in [6.45, 7) is 2.33. The second-order valence-electron chi connectivity index (χ2n) is 5.48. The summed E-state index contributed by atoms with van der Waals surface area (Å²) in [5, 5.41) is 0. The second-order valence-corrected chi connectivity index (χ2v) is 5.48. The molecule has 1 aromatic heterocycles. The van der Waals surface area contributed by atoms with Gasteiger partial charge in [0.05, 0.1) is 6.54 Å². The van der Waals surface area contributed by atoms with Crippen LogP contribution in [0.2, 0.25) is 0 Å². The molecule has 3 rings (SSSR count). The molecule has 2 aromatic rings. The highest BCUT2D eigenvalue weighted by Gasteiger charge is 2.24. The average Bonchev–Trinajstić information content (AvgIpc) is 2.96. The maximum absolute atomic E-state index is 12.7. The van der Waals surface area contributed by atoms with Gasteiger partial charge in [-0.05, 0) is 5.56 Å². The molecule has 0 radical (unpaired) electrons. The molecule has 1 aliphatic heterocycles. The predicted molar refractivity (Wildman–Crippen MR) is 84.1 cm³/mol. The summed E-state index contributed by atoms with van der Waals surface area (Å²) in [5.41, 5.74) is 0.996. The first-order chi connectivity index (χ1) is 11.2. The molecule has 0 unspecified atom stereocenters. The Labute approximate surface area is 133 Å². The third kappa shape index (κ3) is 3.18. The van der Waals surface area contributed by atoms with Crippen LogP contribution in [0.15, 0.2) is 41.3 Å². The van der Waals surface area contributed by atoms with Crippen LogP contribution in [-0.4, -0.2) is 57.8 Å². The number of aromatic nitrogens is 2. The number of hydrogen-bond donors (Lipinski definition) is 1. The molecular formula is C16H18N4O3. The average molecular weight is 314 g/mol. The van der Waals surface area contributed by atoms with Crippen LogP contribution < -0.4 is 5.69 Å². The first kappa shape index (κ1) is 15.1. The normalized spacial score (nSPS) is 14.8. The molecule has 0 spiro atoms.